The molecule has 1 fully saturated rings. The number of nitrogens with zero attached hydrogens (tertiary/aromatic N) is 2. The van der Waals surface area contributed by atoms with Crippen molar-refractivity contribution in [3.8, 4) is 0 Å². The summed E-state index contributed by atoms with van der Waals surface area (Å²) in [7, 11) is 0. The molecule has 0 radical (unpaired) electrons. The molecule has 7 heteroatoms. The highest BCUT2D eigenvalue weighted by Gasteiger charge is 2.28. The molecule has 6 nitrogen and oxygen atoms in total. The Morgan fingerprint density at radius 1 is 1.12 bits per heavy atom. The molecular weight excluding hydrogens is 440 g/mol. The first-order chi connectivity index (χ1) is 15.9. The molecule has 1 aliphatic rings. The maximum absolute atomic E-state index is 13.1. The Bertz CT molecular complexity index is 1070. The molecule has 33 heavy (non-hydrogen) atoms. The van der Waals surface area contributed by atoms with Crippen molar-refractivity contribution in [1.82, 2.24) is 9.88 Å². The predicted molar refractivity (Wildman–Crippen MR) is 129 cm³/mol. The first-order valence-corrected chi connectivity index (χ1v) is 11.8. The first kappa shape index (κ1) is 24.8. The number of fused-ring (bicyclic) bond motifs is 1. The molecule has 0 N–H and O–H groups in total. The smallest absolute Gasteiger partial charge is 0.325 e. The van der Waals surface area contributed by atoms with Crippen molar-refractivity contribution in [3.05, 3.63) is 64.5 Å². The molecule has 1 amide bonds. The number of halogens is 1. The molecule has 1 aromatic heterocycles. The van der Waals surface area contributed by atoms with Gasteiger partial charge in [0.05, 0.1) is 6.61 Å². The molecule has 4 rings (SSSR count). The lowest BCUT2D eigenvalue weighted by Crippen LogP contribution is -2.44. The fourth-order valence-electron chi connectivity index (χ4n) is 4.05. The van der Waals surface area contributed by atoms with Crippen molar-refractivity contribution in [1.29, 1.82) is 0 Å². The van der Waals surface area contributed by atoms with Gasteiger partial charge in [-0.15, -0.1) is 0 Å². The van der Waals surface area contributed by atoms with E-state index in [0.717, 1.165) is 30.7 Å². The Morgan fingerprint density at radius 2 is 1.88 bits per heavy atom. The Morgan fingerprint density at radius 3 is 2.52 bits per heavy atom. The van der Waals surface area contributed by atoms with Gasteiger partial charge in [0.2, 0.25) is 0 Å². The molecule has 0 unspecified atom stereocenters. The normalized spacial score (nSPS) is 13.8. The van der Waals surface area contributed by atoms with Crippen molar-refractivity contribution < 1.29 is 18.7 Å². The number of aromatic nitrogens is 1. The van der Waals surface area contributed by atoms with E-state index >= 15 is 0 Å². The topological polar surface area (TPSA) is 72.6 Å². The number of hydrogen-bond donors (Lipinski definition) is 0. The average molecular weight is 471 g/mol. The molecule has 3 aromatic rings. The van der Waals surface area contributed by atoms with Crippen molar-refractivity contribution in [2.24, 2.45) is 0 Å². The third kappa shape index (κ3) is 7.06. The third-order valence-electron chi connectivity index (χ3n) is 5.60. The van der Waals surface area contributed by atoms with Gasteiger partial charge in [0.1, 0.15) is 12.1 Å². The summed E-state index contributed by atoms with van der Waals surface area (Å²) in [5.41, 5.74) is 3.04. The second-order valence-corrected chi connectivity index (χ2v) is 8.68. The van der Waals surface area contributed by atoms with Gasteiger partial charge in [-0.1, -0.05) is 43.0 Å². The molecule has 2 aromatic carbocycles. The summed E-state index contributed by atoms with van der Waals surface area (Å²) in [4.78, 5) is 31.1. The molecular formula is C26H31ClN2O4. The number of amides is 1. The van der Waals surface area contributed by atoms with Crippen molar-refractivity contribution in [2.45, 2.75) is 58.9 Å². The molecule has 0 spiro atoms. The zero-order valence-corrected chi connectivity index (χ0v) is 20.2. The van der Waals surface area contributed by atoms with Crippen molar-refractivity contribution in [3.63, 3.8) is 0 Å². The highest BCUT2D eigenvalue weighted by atomic mass is 35.5. The number of oxazole rings is 1. The van der Waals surface area contributed by atoms with E-state index in [9.17, 15) is 9.59 Å². The molecule has 0 atom stereocenters. The minimum Gasteiger partial charge on any atom is -0.465 e. The number of esters is 1. The highest BCUT2D eigenvalue weighted by Crippen LogP contribution is 2.25. The van der Waals surface area contributed by atoms with Crippen LogP contribution in [0.2, 0.25) is 5.02 Å². The van der Waals surface area contributed by atoms with E-state index < -0.39 is 0 Å². The van der Waals surface area contributed by atoms with E-state index in [0.29, 0.717) is 29.2 Å². The minimum atomic E-state index is -0.361. The summed E-state index contributed by atoms with van der Waals surface area (Å²) in [5, 5.41) is 0.810. The number of carbonyl (C=O) groups excluding carboxylic acids is 2. The fraction of sp³-hybridized carbons (Fsp3) is 0.423. The van der Waals surface area contributed by atoms with Gasteiger partial charge in [-0.3, -0.25) is 9.59 Å². The molecule has 0 bridgehead atoms. The van der Waals surface area contributed by atoms with E-state index in [4.69, 9.17) is 20.8 Å². The minimum absolute atomic E-state index is 0.00673. The average Bonchev–Trinajstić information content (AvgIpc) is 3.17. The van der Waals surface area contributed by atoms with Gasteiger partial charge in [0.15, 0.2) is 11.5 Å². The van der Waals surface area contributed by atoms with Gasteiger partial charge in [0, 0.05) is 23.6 Å². The van der Waals surface area contributed by atoms with Gasteiger partial charge in [-0.05, 0) is 62.6 Å². The van der Waals surface area contributed by atoms with Crippen LogP contribution in [0.3, 0.4) is 0 Å². The summed E-state index contributed by atoms with van der Waals surface area (Å²) >= 11 is 5.64. The van der Waals surface area contributed by atoms with Crippen LogP contribution in [0.25, 0.3) is 11.1 Å². The number of aryl methyl sites for hydroxylation is 2. The van der Waals surface area contributed by atoms with Crippen LogP contribution in [0.5, 0.6) is 0 Å². The van der Waals surface area contributed by atoms with Crippen LogP contribution < -0.4 is 0 Å². The molecule has 0 aliphatic heterocycles. The molecule has 1 saturated carbocycles. The zero-order valence-electron chi connectivity index (χ0n) is 19.5. The van der Waals surface area contributed by atoms with E-state index in [1.165, 1.54) is 12.0 Å². The summed E-state index contributed by atoms with van der Waals surface area (Å²) in [6, 6.07) is 13.1. The molecule has 176 valence electrons. The number of benzene rings is 2. The number of carbonyl (C=O) groups is 2. The van der Waals surface area contributed by atoms with Crippen LogP contribution in [0, 0.1) is 13.8 Å². The molecule has 1 aliphatic carbocycles. The zero-order chi connectivity index (χ0) is 23.8. The lowest BCUT2D eigenvalue weighted by molar-refractivity contribution is -0.144. The van der Waals surface area contributed by atoms with Gasteiger partial charge in [0.25, 0.3) is 5.91 Å². The summed E-state index contributed by atoms with van der Waals surface area (Å²) in [6.07, 6.45) is 5.20. The van der Waals surface area contributed by atoms with E-state index in [-0.39, 0.29) is 24.5 Å². The fourth-order valence-corrected chi connectivity index (χ4v) is 4.30. The Balaban J connectivity index is 0.000000323. The maximum atomic E-state index is 13.1. The van der Waals surface area contributed by atoms with Crippen molar-refractivity contribution >= 4 is 34.6 Å². The van der Waals surface area contributed by atoms with Gasteiger partial charge < -0.3 is 14.1 Å². The van der Waals surface area contributed by atoms with Gasteiger partial charge in [-0.25, -0.2) is 4.98 Å². The first-order valence-electron chi connectivity index (χ1n) is 11.4. The highest BCUT2D eigenvalue weighted by molar-refractivity contribution is 6.30. The number of rotatable bonds is 5. The predicted octanol–water partition coefficient (Wildman–Crippen LogP) is 6.12. The van der Waals surface area contributed by atoms with Crippen LogP contribution in [-0.2, 0) is 9.53 Å². The molecule has 0 saturated heterocycles. The summed E-state index contributed by atoms with van der Waals surface area (Å²) in [5.74, 6) is 0.0533. The largest absolute Gasteiger partial charge is 0.465 e. The molecule has 1 heterocycles. The Kier molecular flexibility index (Phi) is 8.89. The standard InChI is InChI=1S/C19H24N2O4.C7H7Cl/c1-3-24-18(22)12-21(15-7-5-4-6-8-15)19(23)14-9-10-17-16(11-14)20-13(2)25-17;1-6-3-2-4-7(8)5-6/h9-11,15H,3-8,12H2,1-2H3;2-5H,1H3. The van der Waals surface area contributed by atoms with Crippen LogP contribution >= 0.6 is 11.6 Å². The second kappa shape index (κ2) is 11.8. The Labute approximate surface area is 199 Å². The van der Waals surface area contributed by atoms with E-state index in [1.807, 2.05) is 31.2 Å². The number of hydrogen-bond acceptors (Lipinski definition) is 5. The lowest BCUT2D eigenvalue weighted by atomic mass is 9.93. The third-order valence-corrected chi connectivity index (χ3v) is 5.84. The van der Waals surface area contributed by atoms with E-state index in [2.05, 4.69) is 4.98 Å². The Hall–Kier alpha value is -2.86. The SMILES string of the molecule is CCOC(=O)CN(C(=O)c1ccc2oc(C)nc2c1)C1CCCCC1.Cc1cccc(Cl)c1. The van der Waals surface area contributed by atoms with Crippen molar-refractivity contribution in [2.75, 3.05) is 13.2 Å². The summed E-state index contributed by atoms with van der Waals surface area (Å²) in [6.45, 7) is 5.87. The number of ether oxygens (including phenoxy) is 1. The van der Waals surface area contributed by atoms with Crippen LogP contribution in [0.4, 0.5) is 0 Å². The van der Waals surface area contributed by atoms with E-state index in [1.54, 1.807) is 36.9 Å². The maximum Gasteiger partial charge on any atom is 0.325 e. The monoisotopic (exact) mass is 470 g/mol. The van der Waals surface area contributed by atoms with Crippen LogP contribution in [0.1, 0.15) is 60.8 Å². The van der Waals surface area contributed by atoms with Crippen LogP contribution in [-0.4, -0.2) is 41.0 Å². The van der Waals surface area contributed by atoms with Gasteiger partial charge in [-0.2, -0.15) is 0 Å². The second-order valence-electron chi connectivity index (χ2n) is 8.24. The quantitative estimate of drug-likeness (QED) is 0.420. The van der Waals surface area contributed by atoms with Gasteiger partial charge >= 0.3 is 5.97 Å². The van der Waals surface area contributed by atoms with Crippen LogP contribution in [0.15, 0.2) is 46.9 Å². The summed E-state index contributed by atoms with van der Waals surface area (Å²) < 4.78 is 10.5. The lowest BCUT2D eigenvalue weighted by Gasteiger charge is -2.33.